The van der Waals surface area contributed by atoms with E-state index >= 15 is 0 Å². The summed E-state index contributed by atoms with van der Waals surface area (Å²) in [5.41, 5.74) is 1.11. The summed E-state index contributed by atoms with van der Waals surface area (Å²) in [7, 11) is 1.29. The van der Waals surface area contributed by atoms with Crippen molar-refractivity contribution in [1.29, 1.82) is 0 Å². The molecular weight excluding hydrogens is 285 g/mol. The molecule has 0 radical (unpaired) electrons. The number of methoxy groups -OCH3 is 1. The third kappa shape index (κ3) is 3.84. The molecule has 0 spiro atoms. The van der Waals surface area contributed by atoms with Crippen molar-refractivity contribution in [2.45, 2.75) is 38.3 Å². The smallest absolute Gasteiger partial charge is 0.334 e. The Bertz CT molecular complexity index is 483. The molecule has 1 fully saturated rings. The van der Waals surface area contributed by atoms with E-state index in [4.69, 9.17) is 0 Å². The second kappa shape index (κ2) is 7.70. The summed E-state index contributed by atoms with van der Waals surface area (Å²) in [6, 6.07) is 6.90. The minimum absolute atomic E-state index is 0.0468. The maximum Gasteiger partial charge on any atom is 0.334 e. The Kier molecular flexibility index (Phi) is 5.91. The highest BCUT2D eigenvalue weighted by molar-refractivity contribution is 5.74. The lowest BCUT2D eigenvalue weighted by molar-refractivity contribution is -0.154. The van der Waals surface area contributed by atoms with E-state index in [9.17, 15) is 14.3 Å². The molecule has 0 aliphatic carbocycles. The number of nitrogens with zero attached hydrogens (tertiary/aromatic N) is 1. The third-order valence-electron chi connectivity index (χ3n) is 4.55. The van der Waals surface area contributed by atoms with E-state index in [-0.39, 0.29) is 17.8 Å². The first kappa shape index (κ1) is 16.9. The topological polar surface area (TPSA) is 49.8 Å². The molecule has 0 bridgehead atoms. The first-order chi connectivity index (χ1) is 10.6. The molecule has 2 rings (SSSR count). The van der Waals surface area contributed by atoms with Crippen molar-refractivity contribution in [3.05, 3.63) is 35.6 Å². The zero-order valence-corrected chi connectivity index (χ0v) is 13.2. The minimum atomic E-state index is -1.03. The van der Waals surface area contributed by atoms with Crippen LogP contribution in [0.2, 0.25) is 0 Å². The SMILES string of the molecule is CC[C@@H](c1ccc(F)cc1)N1CCC([C@H](O)C(=O)OC)CC1. The summed E-state index contributed by atoms with van der Waals surface area (Å²) >= 11 is 0. The second-order valence-electron chi connectivity index (χ2n) is 5.82. The van der Waals surface area contributed by atoms with Crippen molar-refractivity contribution in [3.8, 4) is 0 Å². The molecule has 122 valence electrons. The van der Waals surface area contributed by atoms with E-state index in [1.807, 2.05) is 12.1 Å². The monoisotopic (exact) mass is 309 g/mol. The largest absolute Gasteiger partial charge is 0.467 e. The molecule has 1 N–H and O–H groups in total. The fourth-order valence-electron chi connectivity index (χ4n) is 3.25. The van der Waals surface area contributed by atoms with Crippen LogP contribution in [0, 0.1) is 11.7 Å². The second-order valence-corrected chi connectivity index (χ2v) is 5.82. The van der Waals surface area contributed by atoms with Crippen LogP contribution >= 0.6 is 0 Å². The summed E-state index contributed by atoms with van der Waals surface area (Å²) < 4.78 is 17.7. The number of halogens is 1. The fourth-order valence-corrected chi connectivity index (χ4v) is 3.25. The molecule has 22 heavy (non-hydrogen) atoms. The highest BCUT2D eigenvalue weighted by atomic mass is 19.1. The summed E-state index contributed by atoms with van der Waals surface area (Å²) in [4.78, 5) is 13.8. The number of esters is 1. The van der Waals surface area contributed by atoms with Gasteiger partial charge in [0.1, 0.15) is 5.82 Å². The Balaban J connectivity index is 1.97. The molecule has 0 unspecified atom stereocenters. The van der Waals surface area contributed by atoms with Crippen LogP contribution in [0.5, 0.6) is 0 Å². The fraction of sp³-hybridized carbons (Fsp3) is 0.588. The lowest BCUT2D eigenvalue weighted by atomic mass is 9.89. The number of piperidine rings is 1. The van der Waals surface area contributed by atoms with Gasteiger partial charge in [-0.05, 0) is 56.0 Å². The molecule has 5 heteroatoms. The predicted molar refractivity (Wildman–Crippen MR) is 81.8 cm³/mol. The van der Waals surface area contributed by atoms with Gasteiger partial charge < -0.3 is 9.84 Å². The predicted octanol–water partition coefficient (Wildman–Crippen LogP) is 2.52. The van der Waals surface area contributed by atoms with Crippen LogP contribution < -0.4 is 0 Å². The van der Waals surface area contributed by atoms with Gasteiger partial charge in [-0.15, -0.1) is 0 Å². The average molecular weight is 309 g/mol. The van der Waals surface area contributed by atoms with Crippen LogP contribution in [0.25, 0.3) is 0 Å². The number of ether oxygens (including phenoxy) is 1. The highest BCUT2D eigenvalue weighted by Gasteiger charge is 2.32. The van der Waals surface area contributed by atoms with Gasteiger partial charge in [0, 0.05) is 6.04 Å². The number of benzene rings is 1. The number of hydrogen-bond acceptors (Lipinski definition) is 4. The molecular formula is C17H24FNO3. The van der Waals surface area contributed by atoms with E-state index in [1.54, 1.807) is 0 Å². The van der Waals surface area contributed by atoms with Gasteiger partial charge in [0.25, 0.3) is 0 Å². The van der Waals surface area contributed by atoms with Gasteiger partial charge in [0.2, 0.25) is 0 Å². The van der Waals surface area contributed by atoms with Crippen LogP contribution in [-0.4, -0.2) is 42.3 Å². The molecule has 2 atom stereocenters. The van der Waals surface area contributed by atoms with Crippen LogP contribution in [0.1, 0.15) is 37.8 Å². The Labute approximate surface area is 130 Å². The minimum Gasteiger partial charge on any atom is -0.467 e. The molecule has 4 nitrogen and oxygen atoms in total. The molecule has 0 saturated carbocycles. The van der Waals surface area contributed by atoms with Gasteiger partial charge in [0.05, 0.1) is 7.11 Å². The van der Waals surface area contributed by atoms with E-state index in [0.29, 0.717) is 0 Å². The van der Waals surface area contributed by atoms with E-state index < -0.39 is 12.1 Å². The highest BCUT2D eigenvalue weighted by Crippen LogP contribution is 2.30. The zero-order chi connectivity index (χ0) is 16.1. The van der Waals surface area contributed by atoms with Crippen LogP contribution in [-0.2, 0) is 9.53 Å². The molecule has 0 amide bonds. The standard InChI is InChI=1S/C17H24FNO3/c1-3-15(12-4-6-14(18)7-5-12)19-10-8-13(9-11-19)16(20)17(21)22-2/h4-7,13,15-16,20H,3,8-11H2,1-2H3/t15-,16-/m0/s1. The van der Waals surface area contributed by atoms with E-state index in [1.165, 1.54) is 19.2 Å². The van der Waals surface area contributed by atoms with E-state index in [0.717, 1.165) is 37.9 Å². The van der Waals surface area contributed by atoms with Crippen molar-refractivity contribution in [1.82, 2.24) is 4.90 Å². The molecule has 1 aliphatic rings. The molecule has 1 aromatic rings. The van der Waals surface area contributed by atoms with Gasteiger partial charge in [0.15, 0.2) is 6.10 Å². The van der Waals surface area contributed by atoms with Crippen LogP contribution in [0.3, 0.4) is 0 Å². The van der Waals surface area contributed by atoms with Gasteiger partial charge in [-0.2, -0.15) is 0 Å². The quantitative estimate of drug-likeness (QED) is 0.849. The van der Waals surface area contributed by atoms with Crippen LogP contribution in [0.15, 0.2) is 24.3 Å². The summed E-state index contributed by atoms with van der Waals surface area (Å²) in [5.74, 6) is -0.822. The lowest BCUT2D eigenvalue weighted by Crippen LogP contribution is -2.42. The maximum atomic E-state index is 13.1. The van der Waals surface area contributed by atoms with Crippen molar-refractivity contribution in [3.63, 3.8) is 0 Å². The number of hydrogen-bond donors (Lipinski definition) is 1. The summed E-state index contributed by atoms with van der Waals surface area (Å²) in [6.45, 7) is 3.74. The van der Waals surface area contributed by atoms with E-state index in [2.05, 4.69) is 16.6 Å². The average Bonchev–Trinajstić information content (AvgIpc) is 2.56. The Morgan fingerprint density at radius 1 is 1.36 bits per heavy atom. The van der Waals surface area contributed by atoms with Crippen molar-refractivity contribution in [2.75, 3.05) is 20.2 Å². The van der Waals surface area contributed by atoms with Gasteiger partial charge in [-0.1, -0.05) is 19.1 Å². The number of carbonyl (C=O) groups excluding carboxylic acids is 1. The molecule has 1 saturated heterocycles. The first-order valence-corrected chi connectivity index (χ1v) is 7.82. The molecule has 0 aromatic heterocycles. The first-order valence-electron chi connectivity index (χ1n) is 7.82. The Hall–Kier alpha value is -1.46. The molecule has 1 aliphatic heterocycles. The number of rotatable bonds is 5. The van der Waals surface area contributed by atoms with Crippen molar-refractivity contribution < 1.29 is 19.0 Å². The molecule has 1 aromatic carbocycles. The summed E-state index contributed by atoms with van der Waals surface area (Å²) in [5, 5.41) is 9.94. The number of carbonyl (C=O) groups is 1. The van der Waals surface area contributed by atoms with Crippen LogP contribution in [0.4, 0.5) is 4.39 Å². The normalized spacial score (nSPS) is 19.6. The number of aliphatic hydroxyl groups excluding tert-OH is 1. The molecule has 1 heterocycles. The Morgan fingerprint density at radius 2 is 1.95 bits per heavy atom. The number of likely N-dealkylation sites (tertiary alicyclic amines) is 1. The Morgan fingerprint density at radius 3 is 2.45 bits per heavy atom. The lowest BCUT2D eigenvalue weighted by Gasteiger charge is -2.38. The van der Waals surface area contributed by atoms with Gasteiger partial charge in [-0.3, -0.25) is 4.90 Å². The van der Waals surface area contributed by atoms with Gasteiger partial charge >= 0.3 is 5.97 Å². The third-order valence-corrected chi connectivity index (χ3v) is 4.55. The maximum absolute atomic E-state index is 13.1. The van der Waals surface area contributed by atoms with Crippen molar-refractivity contribution >= 4 is 5.97 Å². The summed E-state index contributed by atoms with van der Waals surface area (Å²) in [6.07, 6.45) is 1.43. The zero-order valence-electron chi connectivity index (χ0n) is 13.2. The van der Waals surface area contributed by atoms with Crippen molar-refractivity contribution in [2.24, 2.45) is 5.92 Å². The van der Waals surface area contributed by atoms with Gasteiger partial charge in [-0.25, -0.2) is 9.18 Å². The number of aliphatic hydroxyl groups is 1.